The monoisotopic (exact) mass is 628 g/mol. The molecule has 0 radical (unpaired) electrons. The summed E-state index contributed by atoms with van der Waals surface area (Å²) in [5.41, 5.74) is 3.16. The van der Waals surface area contributed by atoms with Crippen LogP contribution in [0, 0.1) is 17.1 Å². The summed E-state index contributed by atoms with van der Waals surface area (Å²) in [5, 5.41) is 16.0. The highest BCUT2D eigenvalue weighted by Crippen LogP contribution is 2.37. The number of nitriles is 1. The van der Waals surface area contributed by atoms with Crippen LogP contribution in [0.4, 0.5) is 10.2 Å². The minimum atomic E-state index is -0.463. The second-order valence-corrected chi connectivity index (χ2v) is 11.4. The summed E-state index contributed by atoms with van der Waals surface area (Å²) in [6.07, 6.45) is 5.20. The molecule has 0 amide bonds. The molecule has 2 aromatic heterocycles. The second kappa shape index (κ2) is 15.8. The predicted molar refractivity (Wildman–Crippen MR) is 173 cm³/mol. The average molecular weight is 629 g/mol. The van der Waals surface area contributed by atoms with E-state index in [0.717, 1.165) is 88.0 Å². The molecule has 4 aromatic rings. The molecule has 11 heteroatoms. The zero-order chi connectivity index (χ0) is 32.5. The van der Waals surface area contributed by atoms with Crippen molar-refractivity contribution in [2.45, 2.75) is 64.4 Å². The highest BCUT2D eigenvalue weighted by molar-refractivity contribution is 5.85. The number of piperazine rings is 1. The quantitative estimate of drug-likeness (QED) is 0.159. The molecule has 1 saturated carbocycles. The number of fused-ring (bicyclic) bond motifs is 2. The Morgan fingerprint density at radius 2 is 1.91 bits per heavy atom. The van der Waals surface area contributed by atoms with E-state index in [4.69, 9.17) is 29.8 Å². The van der Waals surface area contributed by atoms with E-state index >= 15 is 0 Å². The number of hydrogen-bond donors (Lipinski definition) is 1. The molecular weight excluding hydrogens is 587 g/mol. The van der Waals surface area contributed by atoms with E-state index < -0.39 is 5.82 Å². The van der Waals surface area contributed by atoms with Gasteiger partial charge >= 0.3 is 0 Å². The lowest BCUT2D eigenvalue weighted by atomic mass is 9.81. The molecule has 3 heterocycles. The number of anilines is 1. The number of unbranched alkanes of at least 4 members (excludes halogenated alkanes) is 1. The van der Waals surface area contributed by atoms with Gasteiger partial charge in [0, 0.05) is 62.6 Å². The number of aliphatic hydroxyl groups is 1. The topological polar surface area (TPSA) is 117 Å². The van der Waals surface area contributed by atoms with Gasteiger partial charge in [-0.05, 0) is 55.7 Å². The first-order valence-corrected chi connectivity index (χ1v) is 15.8. The van der Waals surface area contributed by atoms with E-state index in [1.165, 1.54) is 6.07 Å². The van der Waals surface area contributed by atoms with Gasteiger partial charge in [-0.1, -0.05) is 25.5 Å². The van der Waals surface area contributed by atoms with Gasteiger partial charge in [-0.15, -0.1) is 0 Å². The highest BCUT2D eigenvalue weighted by atomic mass is 19.1. The van der Waals surface area contributed by atoms with Gasteiger partial charge < -0.3 is 24.0 Å². The van der Waals surface area contributed by atoms with Gasteiger partial charge in [0.1, 0.15) is 30.4 Å². The normalized spacial score (nSPS) is 17.4. The first-order valence-electron chi connectivity index (χ1n) is 15.8. The molecule has 2 aromatic carbocycles. The first kappa shape index (κ1) is 33.0. The minimum Gasteiger partial charge on any atom is -0.473 e. The lowest BCUT2D eigenvalue weighted by Crippen LogP contribution is -2.64. The summed E-state index contributed by atoms with van der Waals surface area (Å²) in [4.78, 5) is 26.2. The summed E-state index contributed by atoms with van der Waals surface area (Å²) in [6.45, 7) is 6.63. The molecule has 2 unspecified atom stereocenters. The number of halogens is 1. The van der Waals surface area contributed by atoms with Crippen molar-refractivity contribution in [3.63, 3.8) is 0 Å². The minimum absolute atomic E-state index is 0.0345. The van der Waals surface area contributed by atoms with Crippen LogP contribution in [0.25, 0.3) is 11.0 Å². The Morgan fingerprint density at radius 1 is 1.07 bits per heavy atom. The molecular formula is C35H41FN6O4. The van der Waals surface area contributed by atoms with E-state index in [9.17, 15) is 9.18 Å². The lowest BCUT2D eigenvalue weighted by molar-refractivity contribution is 0.0615. The summed E-state index contributed by atoms with van der Waals surface area (Å²) < 4.78 is 28.3. The van der Waals surface area contributed by atoms with Crippen LogP contribution in [-0.2, 0) is 24.4 Å². The molecule has 10 nitrogen and oxygen atoms in total. The van der Waals surface area contributed by atoms with Crippen LogP contribution in [-0.4, -0.2) is 76.3 Å². The molecule has 2 fully saturated rings. The van der Waals surface area contributed by atoms with Crippen LogP contribution in [0.2, 0.25) is 0 Å². The third-order valence-electron chi connectivity index (χ3n) is 8.69. The molecule has 0 spiro atoms. The summed E-state index contributed by atoms with van der Waals surface area (Å²) in [5.74, 6) is 1.82. The first-order chi connectivity index (χ1) is 22.6. The predicted octanol–water partition coefficient (Wildman–Crippen LogP) is 5.11. The van der Waals surface area contributed by atoms with E-state index in [-0.39, 0.29) is 12.2 Å². The Morgan fingerprint density at radius 3 is 2.65 bits per heavy atom. The molecule has 46 heavy (non-hydrogen) atoms. The number of aliphatic hydroxyl groups excluding tert-OH is 1. The molecule has 1 aliphatic heterocycles. The lowest BCUT2D eigenvalue weighted by Gasteiger charge is -2.54. The van der Waals surface area contributed by atoms with Crippen molar-refractivity contribution in [2.24, 2.45) is 0 Å². The van der Waals surface area contributed by atoms with Crippen molar-refractivity contribution in [3.05, 3.63) is 82.9 Å². The Hall–Kier alpha value is -4.37. The van der Waals surface area contributed by atoms with Gasteiger partial charge in [0.25, 0.3) is 0 Å². The fourth-order valence-electron chi connectivity index (χ4n) is 6.15. The second-order valence-electron chi connectivity index (χ2n) is 11.4. The zero-order valence-electron chi connectivity index (χ0n) is 26.4. The van der Waals surface area contributed by atoms with Crippen LogP contribution in [0.3, 0.4) is 0 Å². The van der Waals surface area contributed by atoms with Crippen molar-refractivity contribution >= 4 is 23.1 Å². The number of benzene rings is 2. The maximum atomic E-state index is 14.3. The Bertz CT molecular complexity index is 1670. The number of imidazole rings is 1. The number of aldehydes is 1. The van der Waals surface area contributed by atoms with Gasteiger partial charge in [-0.3, -0.25) is 9.69 Å². The van der Waals surface area contributed by atoms with Gasteiger partial charge in [0.2, 0.25) is 5.88 Å². The molecule has 2 atom stereocenters. The molecule has 6 rings (SSSR count). The number of carbonyl (C=O) groups is 1. The van der Waals surface area contributed by atoms with Crippen LogP contribution in [0.1, 0.15) is 59.9 Å². The maximum Gasteiger partial charge on any atom is 0.215 e. The van der Waals surface area contributed by atoms with Crippen molar-refractivity contribution in [2.75, 3.05) is 38.3 Å². The molecule has 1 saturated heterocycles. The average Bonchev–Trinajstić information content (AvgIpc) is 3.41. The smallest absolute Gasteiger partial charge is 0.215 e. The summed E-state index contributed by atoms with van der Waals surface area (Å²) in [7, 11) is 1.00. The van der Waals surface area contributed by atoms with Crippen molar-refractivity contribution < 1.29 is 23.8 Å². The van der Waals surface area contributed by atoms with E-state index in [1.807, 2.05) is 36.4 Å². The summed E-state index contributed by atoms with van der Waals surface area (Å²) in [6, 6.07) is 18.4. The molecule has 0 bridgehead atoms. The maximum absolute atomic E-state index is 14.3. The van der Waals surface area contributed by atoms with Crippen LogP contribution >= 0.6 is 0 Å². The number of rotatable bonds is 13. The van der Waals surface area contributed by atoms with Crippen LogP contribution < -0.4 is 9.64 Å². The molecule has 1 aliphatic carbocycles. The number of pyridine rings is 1. The Kier molecular flexibility index (Phi) is 11.3. The van der Waals surface area contributed by atoms with Gasteiger partial charge in [-0.2, -0.15) is 10.2 Å². The molecule has 2 aliphatic rings. The number of aromatic nitrogens is 3. The fourth-order valence-corrected chi connectivity index (χ4v) is 6.15. The van der Waals surface area contributed by atoms with E-state index in [1.54, 1.807) is 18.2 Å². The standard InChI is InChI=1S/C34H37FN6O3.CH4O/c1-2-3-16-43-17-15-41-31-19-25(22-42)8-10-28(31)37-33(41)21-39-13-14-40(30-12-11-29(30)39)32-5-4-6-34(38-32)44-23-26-9-7-24(20-36)18-27(26)35;1-2/h4-10,18-19,22,29-30H,2-3,11-17,21,23H2,1H3;2H,1H3. The number of ether oxygens (including phenoxy) is 2. The zero-order valence-corrected chi connectivity index (χ0v) is 26.4. The third kappa shape index (κ3) is 7.36. The fraction of sp³-hybridized carbons (Fsp3) is 0.429. The van der Waals surface area contributed by atoms with Gasteiger partial charge in [0.05, 0.1) is 35.8 Å². The number of carbonyl (C=O) groups excluding carboxylic acids is 1. The number of hydrogen-bond acceptors (Lipinski definition) is 9. The van der Waals surface area contributed by atoms with Crippen molar-refractivity contribution in [1.29, 1.82) is 5.26 Å². The summed E-state index contributed by atoms with van der Waals surface area (Å²) >= 11 is 0. The van der Waals surface area contributed by atoms with Gasteiger partial charge in [-0.25, -0.2) is 9.37 Å². The largest absolute Gasteiger partial charge is 0.473 e. The van der Waals surface area contributed by atoms with Crippen molar-refractivity contribution in [3.8, 4) is 11.9 Å². The SMILES string of the molecule is CCCCOCCn1c(CN2CCN(c3cccc(OCc4ccc(C#N)cc4F)n3)C3CCC32)nc2ccc(C=O)cc21.CO. The van der Waals surface area contributed by atoms with Crippen LogP contribution in [0.5, 0.6) is 5.88 Å². The number of nitrogens with zero attached hydrogens (tertiary/aromatic N) is 6. The third-order valence-corrected chi connectivity index (χ3v) is 8.69. The van der Waals surface area contributed by atoms with Gasteiger partial charge in [0.15, 0.2) is 0 Å². The van der Waals surface area contributed by atoms with Crippen molar-refractivity contribution in [1.82, 2.24) is 19.4 Å². The van der Waals surface area contributed by atoms with E-state index in [2.05, 4.69) is 21.3 Å². The van der Waals surface area contributed by atoms with Crippen LogP contribution in [0.15, 0.2) is 54.6 Å². The Balaban J connectivity index is 0.00000204. The van der Waals surface area contributed by atoms with E-state index in [0.29, 0.717) is 42.2 Å². The molecule has 1 N–H and O–H groups in total. The highest BCUT2D eigenvalue weighted by Gasteiger charge is 2.43. The Labute approximate surface area is 269 Å². The molecule has 242 valence electrons.